The summed E-state index contributed by atoms with van der Waals surface area (Å²) in [5.74, 6) is -1.02. The summed E-state index contributed by atoms with van der Waals surface area (Å²) in [6.45, 7) is 1.30. The molecular weight excluding hydrogens is 510 g/mol. The molecule has 2 atom stereocenters. The number of nitro groups is 1. The quantitative estimate of drug-likeness (QED) is 0.265. The molecule has 4 rings (SSSR count). The Kier molecular flexibility index (Phi) is 7.07. The van der Waals surface area contributed by atoms with Gasteiger partial charge in [-0.2, -0.15) is 9.57 Å². The highest BCUT2D eigenvalue weighted by Gasteiger charge is 2.51. The molecule has 0 spiro atoms. The van der Waals surface area contributed by atoms with Gasteiger partial charge in [0.25, 0.3) is 5.69 Å². The number of carbonyl (C=O) groups is 2. The number of benzene rings is 3. The number of sulfonamides is 1. The van der Waals surface area contributed by atoms with Gasteiger partial charge in [0.2, 0.25) is 15.9 Å². The molecule has 0 radical (unpaired) electrons. The first-order valence-corrected chi connectivity index (χ1v) is 12.6. The first-order valence-electron chi connectivity index (χ1n) is 11.2. The minimum atomic E-state index is -4.54. The van der Waals surface area contributed by atoms with Crippen LogP contribution in [0.3, 0.4) is 0 Å². The molecule has 38 heavy (non-hydrogen) atoms. The normalized spacial score (nSPS) is 17.6. The van der Waals surface area contributed by atoms with Crippen molar-refractivity contribution >= 4 is 33.1 Å². The van der Waals surface area contributed by atoms with E-state index in [0.717, 1.165) is 10.4 Å². The van der Waals surface area contributed by atoms with E-state index in [4.69, 9.17) is 5.73 Å². The Morgan fingerprint density at radius 3 is 2.29 bits per heavy atom. The highest BCUT2D eigenvalue weighted by Crippen LogP contribution is 2.44. The maximum Gasteiger partial charge on any atom is 0.269 e. The number of nitrogens with two attached hydrogens (primary N) is 1. The fraction of sp³-hybridized carbons (Fsp3) is 0.115. The average molecular weight is 532 g/mol. The van der Waals surface area contributed by atoms with Crippen LogP contribution in [0.1, 0.15) is 28.9 Å². The Morgan fingerprint density at radius 1 is 1.05 bits per heavy atom. The lowest BCUT2D eigenvalue weighted by Crippen LogP contribution is -2.45. The smallest absolute Gasteiger partial charge is 0.269 e. The van der Waals surface area contributed by atoms with E-state index in [1.807, 2.05) is 6.07 Å². The van der Waals surface area contributed by atoms with Crippen molar-refractivity contribution in [1.29, 1.82) is 5.26 Å². The number of carbonyl (C=O) groups excluding carboxylic acids is 2. The Bertz CT molecular complexity index is 1610. The molecule has 12 heteroatoms. The van der Waals surface area contributed by atoms with Gasteiger partial charge >= 0.3 is 0 Å². The number of nitro benzene ring substituents is 1. The van der Waals surface area contributed by atoms with Crippen molar-refractivity contribution < 1.29 is 22.9 Å². The molecule has 0 saturated carbocycles. The van der Waals surface area contributed by atoms with Crippen molar-refractivity contribution in [2.75, 3.05) is 5.32 Å². The van der Waals surface area contributed by atoms with Gasteiger partial charge in [0.15, 0.2) is 5.78 Å². The van der Waals surface area contributed by atoms with Crippen molar-refractivity contribution in [3.63, 3.8) is 0 Å². The van der Waals surface area contributed by atoms with Gasteiger partial charge < -0.3 is 11.1 Å². The number of nitrogens with one attached hydrogen (secondary N) is 1. The molecule has 0 bridgehead atoms. The van der Waals surface area contributed by atoms with Gasteiger partial charge in [-0.25, -0.2) is 8.42 Å². The second-order valence-corrected chi connectivity index (χ2v) is 10.3. The molecule has 0 saturated heterocycles. The third kappa shape index (κ3) is 4.75. The van der Waals surface area contributed by atoms with Crippen LogP contribution < -0.4 is 11.1 Å². The lowest BCUT2D eigenvalue weighted by molar-refractivity contribution is -0.384. The Morgan fingerprint density at radius 2 is 1.71 bits per heavy atom. The van der Waals surface area contributed by atoms with Gasteiger partial charge in [-0.15, -0.1) is 0 Å². The number of nitrogens with zero attached hydrogens (tertiary/aromatic N) is 3. The van der Waals surface area contributed by atoms with Gasteiger partial charge in [0.05, 0.1) is 33.2 Å². The van der Waals surface area contributed by atoms with Gasteiger partial charge in [0.1, 0.15) is 6.04 Å². The van der Waals surface area contributed by atoms with E-state index in [0.29, 0.717) is 5.69 Å². The van der Waals surface area contributed by atoms with Gasteiger partial charge in [0, 0.05) is 30.3 Å². The number of hydrogen-bond donors (Lipinski definition) is 2. The molecule has 0 aliphatic carbocycles. The molecule has 1 amide bonds. The zero-order valence-electron chi connectivity index (χ0n) is 19.9. The van der Waals surface area contributed by atoms with Crippen molar-refractivity contribution in [3.05, 3.63) is 111 Å². The number of non-ortho nitro benzene ring substituents is 1. The fourth-order valence-corrected chi connectivity index (χ4v) is 6.01. The summed E-state index contributed by atoms with van der Waals surface area (Å²) in [5, 5.41) is 24.0. The molecule has 11 nitrogen and oxygen atoms in total. The van der Waals surface area contributed by atoms with Crippen molar-refractivity contribution in [1.82, 2.24) is 4.31 Å². The third-order valence-electron chi connectivity index (χ3n) is 5.96. The minimum absolute atomic E-state index is 0.0977. The highest BCUT2D eigenvalue weighted by atomic mass is 32.2. The topological polar surface area (TPSA) is 176 Å². The van der Waals surface area contributed by atoms with Crippen LogP contribution in [0.15, 0.2) is 95.0 Å². The van der Waals surface area contributed by atoms with Gasteiger partial charge in [-0.05, 0) is 29.8 Å². The molecule has 1 aliphatic rings. The number of ketones is 1. The lowest BCUT2D eigenvalue weighted by atomic mass is 9.99. The van der Waals surface area contributed by atoms with Crippen molar-refractivity contribution in [3.8, 4) is 6.07 Å². The standard InChI is InChI=1S/C26H21N5O6S/c1-16(32)29-19-10-12-21(13-11-19)38(36,37)30-24(18-8-5-9-20(14-18)31(34)35)22(15-27)23(28)25(30)26(33)17-6-3-2-4-7-17/h2-14,24-25H,28H2,1H3,(H,29,32)/t24-,25-/m1/s1. The van der Waals surface area contributed by atoms with E-state index in [-0.39, 0.29) is 38.9 Å². The van der Waals surface area contributed by atoms with Crippen LogP contribution in [0.4, 0.5) is 11.4 Å². The van der Waals surface area contributed by atoms with Crippen molar-refractivity contribution in [2.24, 2.45) is 5.73 Å². The molecule has 0 fully saturated rings. The molecule has 3 N–H and O–H groups in total. The van der Waals surface area contributed by atoms with Crippen molar-refractivity contribution in [2.45, 2.75) is 23.9 Å². The molecular formula is C26H21N5O6S. The fourth-order valence-electron chi connectivity index (χ4n) is 4.30. The van der Waals surface area contributed by atoms with E-state index < -0.39 is 32.8 Å². The largest absolute Gasteiger partial charge is 0.399 e. The summed E-state index contributed by atoms with van der Waals surface area (Å²) in [6, 6.07) is 17.2. The van der Waals surface area contributed by atoms with Crippen LogP contribution in [0.5, 0.6) is 0 Å². The van der Waals surface area contributed by atoms with Crippen LogP contribution >= 0.6 is 0 Å². The molecule has 1 heterocycles. The highest BCUT2D eigenvalue weighted by molar-refractivity contribution is 7.89. The maximum atomic E-state index is 14.1. The predicted octanol–water partition coefficient (Wildman–Crippen LogP) is 3.29. The monoisotopic (exact) mass is 531 g/mol. The molecule has 3 aromatic rings. The number of anilines is 1. The number of nitriles is 1. The Hall–Kier alpha value is -4.86. The number of rotatable bonds is 7. The minimum Gasteiger partial charge on any atom is -0.399 e. The summed E-state index contributed by atoms with van der Waals surface area (Å²) in [7, 11) is -4.54. The van der Waals surface area contributed by atoms with E-state index in [2.05, 4.69) is 5.32 Å². The number of Topliss-reactive ketones (excluding diaryl/α,β-unsaturated/α-hetero) is 1. The van der Waals surface area contributed by atoms with Crippen LogP contribution in [0.2, 0.25) is 0 Å². The first-order chi connectivity index (χ1) is 18.1. The summed E-state index contributed by atoms with van der Waals surface area (Å²) in [6.07, 6.45) is 0. The molecule has 192 valence electrons. The van der Waals surface area contributed by atoms with E-state index in [1.165, 1.54) is 61.5 Å². The zero-order valence-corrected chi connectivity index (χ0v) is 20.8. The lowest BCUT2D eigenvalue weighted by Gasteiger charge is -2.30. The van der Waals surface area contributed by atoms with Gasteiger partial charge in [-0.3, -0.25) is 19.7 Å². The summed E-state index contributed by atoms with van der Waals surface area (Å²) >= 11 is 0. The summed E-state index contributed by atoms with van der Waals surface area (Å²) < 4.78 is 29.0. The second-order valence-electron chi connectivity index (χ2n) is 8.41. The van der Waals surface area contributed by atoms with E-state index in [1.54, 1.807) is 18.2 Å². The summed E-state index contributed by atoms with van der Waals surface area (Å²) in [4.78, 5) is 35.6. The predicted molar refractivity (Wildman–Crippen MR) is 137 cm³/mol. The summed E-state index contributed by atoms with van der Waals surface area (Å²) in [5.41, 5.74) is 6.10. The van der Waals surface area contributed by atoms with Gasteiger partial charge in [-0.1, -0.05) is 42.5 Å². The zero-order chi connectivity index (χ0) is 27.6. The average Bonchev–Trinajstić information content (AvgIpc) is 3.21. The maximum absolute atomic E-state index is 14.1. The molecule has 0 aromatic heterocycles. The number of amides is 1. The molecule has 0 unspecified atom stereocenters. The van der Waals surface area contributed by atoms with E-state index >= 15 is 0 Å². The first kappa shape index (κ1) is 26.2. The van der Waals surface area contributed by atoms with Crippen LogP contribution in [-0.2, 0) is 14.8 Å². The van der Waals surface area contributed by atoms with E-state index in [9.17, 15) is 33.4 Å². The second kappa shape index (κ2) is 10.3. The van der Waals surface area contributed by atoms with Crippen LogP contribution in [0, 0.1) is 21.4 Å². The Balaban J connectivity index is 1.92. The Labute approximate surface area is 218 Å². The van der Waals surface area contributed by atoms with Crippen LogP contribution in [0.25, 0.3) is 0 Å². The molecule has 3 aromatic carbocycles. The van der Waals surface area contributed by atoms with Crippen LogP contribution in [-0.4, -0.2) is 35.4 Å². The SMILES string of the molecule is CC(=O)Nc1ccc(S(=O)(=O)N2[C@@H](C(=O)c3ccccc3)C(N)=C(C#N)[C@H]2c2cccc([N+](=O)[O-])c2)cc1. The molecule has 1 aliphatic heterocycles. The number of hydrogen-bond acceptors (Lipinski definition) is 8. The third-order valence-corrected chi connectivity index (χ3v) is 7.81.